The summed E-state index contributed by atoms with van der Waals surface area (Å²) in [5.41, 5.74) is 5.84. The van der Waals surface area contributed by atoms with Crippen LogP contribution in [0.15, 0.2) is 24.3 Å². The number of carboxylic acids is 2. The highest BCUT2D eigenvalue weighted by Crippen LogP contribution is 2.48. The van der Waals surface area contributed by atoms with Crippen LogP contribution < -0.4 is 10.3 Å². The second kappa shape index (κ2) is 7.93. The normalized spacial score (nSPS) is 14.8. The van der Waals surface area contributed by atoms with Gasteiger partial charge in [-0.1, -0.05) is 12.1 Å². The molecule has 0 aliphatic heterocycles. The first-order valence-electron chi connectivity index (χ1n) is 6.39. The number of rotatable bonds is 9. The van der Waals surface area contributed by atoms with Crippen molar-refractivity contribution in [3.05, 3.63) is 29.8 Å². The molecule has 0 aromatic heterocycles. The Morgan fingerprint density at radius 1 is 1.36 bits per heavy atom. The summed E-state index contributed by atoms with van der Waals surface area (Å²) in [6.07, 6.45) is -0.437. The molecule has 2 atom stereocenters. The molecule has 0 unspecified atom stereocenters. The van der Waals surface area contributed by atoms with Crippen LogP contribution in [-0.4, -0.2) is 41.5 Å². The molecule has 0 aliphatic carbocycles. The van der Waals surface area contributed by atoms with Crippen LogP contribution in [0, 0.1) is 0 Å². The van der Waals surface area contributed by atoms with E-state index in [1.54, 1.807) is 12.1 Å². The molecule has 1 rings (SSSR count). The number of carbonyl (C=O) groups is 2. The van der Waals surface area contributed by atoms with Gasteiger partial charge in [0.15, 0.2) is 0 Å². The standard InChI is InChI=1S/C13H18NO7P/c1-20-22(19,6-5-11(14)13(17)18)21-10-4-2-3-9(7-10)8-12(15)16/h2-4,7,11H,5-6,8,14H2,1H3,(H,15,16)(H,17,18)/t11-,22+/m1/s1. The molecular formula is C13H18NO7P. The average molecular weight is 331 g/mol. The Bertz CT molecular complexity index is 590. The molecule has 0 fully saturated rings. The molecule has 0 aliphatic rings. The van der Waals surface area contributed by atoms with Crippen molar-refractivity contribution >= 4 is 19.5 Å². The molecule has 22 heavy (non-hydrogen) atoms. The van der Waals surface area contributed by atoms with Gasteiger partial charge in [-0.25, -0.2) is 4.57 Å². The van der Waals surface area contributed by atoms with Gasteiger partial charge in [-0.2, -0.15) is 0 Å². The summed E-state index contributed by atoms with van der Waals surface area (Å²) in [4.78, 5) is 21.3. The lowest BCUT2D eigenvalue weighted by atomic mass is 10.1. The number of carboxylic acid groups (broad SMARTS) is 2. The van der Waals surface area contributed by atoms with Crippen molar-refractivity contribution < 1.29 is 33.4 Å². The van der Waals surface area contributed by atoms with E-state index in [-0.39, 0.29) is 24.8 Å². The minimum absolute atomic E-state index is 0.0741. The number of hydrogen-bond donors (Lipinski definition) is 3. The number of aliphatic carboxylic acids is 2. The summed E-state index contributed by atoms with van der Waals surface area (Å²) in [6.45, 7) is 0. The van der Waals surface area contributed by atoms with Gasteiger partial charge in [-0.05, 0) is 24.1 Å². The summed E-state index contributed by atoms with van der Waals surface area (Å²) in [5, 5.41) is 17.5. The van der Waals surface area contributed by atoms with Gasteiger partial charge in [0.2, 0.25) is 0 Å². The fraction of sp³-hybridized carbons (Fsp3) is 0.385. The molecule has 1 aromatic carbocycles. The highest BCUT2D eigenvalue weighted by molar-refractivity contribution is 7.54. The summed E-state index contributed by atoms with van der Waals surface area (Å²) >= 11 is 0. The lowest BCUT2D eigenvalue weighted by Crippen LogP contribution is -2.31. The first-order chi connectivity index (χ1) is 10.3. The van der Waals surface area contributed by atoms with Crippen LogP contribution in [0.2, 0.25) is 0 Å². The van der Waals surface area contributed by atoms with Crippen LogP contribution in [0.5, 0.6) is 5.75 Å². The van der Waals surface area contributed by atoms with Crippen LogP contribution >= 0.6 is 7.60 Å². The molecule has 0 saturated carbocycles. The van der Waals surface area contributed by atoms with Crippen LogP contribution in [0.3, 0.4) is 0 Å². The summed E-state index contributed by atoms with van der Waals surface area (Å²) in [6, 6.07) is 4.95. The molecular weight excluding hydrogens is 313 g/mol. The van der Waals surface area contributed by atoms with Gasteiger partial charge in [-0.3, -0.25) is 9.59 Å². The third-order valence-electron chi connectivity index (χ3n) is 2.81. The van der Waals surface area contributed by atoms with Gasteiger partial charge in [0.25, 0.3) is 0 Å². The van der Waals surface area contributed by atoms with Crippen molar-refractivity contribution in [3.8, 4) is 5.75 Å². The molecule has 1 aromatic rings. The highest BCUT2D eigenvalue weighted by Gasteiger charge is 2.27. The predicted octanol–water partition coefficient (Wildman–Crippen LogP) is 1.33. The molecule has 8 nitrogen and oxygen atoms in total. The monoisotopic (exact) mass is 331 g/mol. The zero-order valence-electron chi connectivity index (χ0n) is 12.0. The molecule has 0 bridgehead atoms. The van der Waals surface area contributed by atoms with Crippen LogP contribution in [0.1, 0.15) is 12.0 Å². The lowest BCUT2D eigenvalue weighted by Gasteiger charge is -2.18. The maximum absolute atomic E-state index is 12.4. The van der Waals surface area contributed by atoms with Crippen LogP contribution in [-0.2, 0) is 25.1 Å². The second-order valence-corrected chi connectivity index (χ2v) is 6.78. The molecule has 0 heterocycles. The van der Waals surface area contributed by atoms with E-state index in [0.717, 1.165) is 0 Å². The van der Waals surface area contributed by atoms with E-state index in [0.29, 0.717) is 5.56 Å². The van der Waals surface area contributed by atoms with E-state index in [1.807, 2.05) is 0 Å². The third kappa shape index (κ3) is 5.85. The Labute approximate surface area is 127 Å². The minimum atomic E-state index is -3.56. The zero-order valence-corrected chi connectivity index (χ0v) is 12.9. The van der Waals surface area contributed by atoms with Crippen LogP contribution in [0.25, 0.3) is 0 Å². The van der Waals surface area contributed by atoms with Gasteiger partial charge in [-0.15, -0.1) is 0 Å². The molecule has 0 radical (unpaired) electrons. The number of benzene rings is 1. The van der Waals surface area contributed by atoms with Crippen molar-refractivity contribution in [1.82, 2.24) is 0 Å². The fourth-order valence-electron chi connectivity index (χ4n) is 1.64. The maximum atomic E-state index is 12.4. The summed E-state index contributed by atoms with van der Waals surface area (Å²) < 4.78 is 22.6. The molecule has 0 saturated heterocycles. The van der Waals surface area contributed by atoms with E-state index < -0.39 is 25.6 Å². The molecule has 122 valence electrons. The van der Waals surface area contributed by atoms with E-state index in [4.69, 9.17) is 25.0 Å². The van der Waals surface area contributed by atoms with E-state index in [9.17, 15) is 14.2 Å². The number of nitrogens with two attached hydrogens (primary N) is 1. The van der Waals surface area contributed by atoms with E-state index in [2.05, 4.69) is 0 Å². The zero-order chi connectivity index (χ0) is 16.8. The molecule has 9 heteroatoms. The lowest BCUT2D eigenvalue weighted by molar-refractivity contribution is -0.138. The SMILES string of the molecule is CO[P@@](=O)(CC[C@@H](N)C(=O)O)Oc1cccc(CC(=O)O)c1. The van der Waals surface area contributed by atoms with Crippen molar-refractivity contribution in [2.24, 2.45) is 5.73 Å². The van der Waals surface area contributed by atoms with Gasteiger partial charge in [0, 0.05) is 7.11 Å². The van der Waals surface area contributed by atoms with Gasteiger partial charge < -0.3 is 25.0 Å². The quantitative estimate of drug-likeness (QED) is 0.577. The fourth-order valence-corrected chi connectivity index (χ4v) is 3.02. The van der Waals surface area contributed by atoms with E-state index in [1.165, 1.54) is 19.2 Å². The Morgan fingerprint density at radius 3 is 2.59 bits per heavy atom. The Kier molecular flexibility index (Phi) is 6.55. The highest BCUT2D eigenvalue weighted by atomic mass is 31.2. The number of hydrogen-bond acceptors (Lipinski definition) is 6. The Hall–Kier alpha value is -1.89. The van der Waals surface area contributed by atoms with Gasteiger partial charge in [0.05, 0.1) is 12.6 Å². The van der Waals surface area contributed by atoms with Crippen molar-refractivity contribution in [1.29, 1.82) is 0 Å². The largest absolute Gasteiger partial charge is 0.481 e. The molecule has 0 amide bonds. The minimum Gasteiger partial charge on any atom is -0.481 e. The molecule has 0 spiro atoms. The smallest absolute Gasteiger partial charge is 0.378 e. The molecule has 4 N–H and O–H groups in total. The predicted molar refractivity (Wildman–Crippen MR) is 78.1 cm³/mol. The van der Waals surface area contributed by atoms with Gasteiger partial charge >= 0.3 is 19.5 Å². The van der Waals surface area contributed by atoms with Crippen molar-refractivity contribution in [3.63, 3.8) is 0 Å². The third-order valence-corrected chi connectivity index (χ3v) is 4.66. The van der Waals surface area contributed by atoms with E-state index >= 15 is 0 Å². The maximum Gasteiger partial charge on any atom is 0.378 e. The Morgan fingerprint density at radius 2 is 2.05 bits per heavy atom. The first kappa shape index (κ1) is 18.2. The first-order valence-corrected chi connectivity index (χ1v) is 8.12. The Balaban J connectivity index is 2.78. The summed E-state index contributed by atoms with van der Waals surface area (Å²) in [5.74, 6) is -2.02. The summed E-state index contributed by atoms with van der Waals surface area (Å²) in [7, 11) is -2.37. The topological polar surface area (TPSA) is 136 Å². The van der Waals surface area contributed by atoms with Gasteiger partial charge in [0.1, 0.15) is 11.8 Å². The van der Waals surface area contributed by atoms with Crippen LogP contribution in [0.4, 0.5) is 0 Å². The average Bonchev–Trinajstić information content (AvgIpc) is 2.44. The van der Waals surface area contributed by atoms with Crippen molar-refractivity contribution in [2.45, 2.75) is 18.9 Å². The van der Waals surface area contributed by atoms with Crippen molar-refractivity contribution in [2.75, 3.05) is 13.3 Å². The second-order valence-electron chi connectivity index (χ2n) is 4.56.